The monoisotopic (exact) mass is 350 g/mol. The van der Waals surface area contributed by atoms with E-state index in [0.717, 1.165) is 25.5 Å². The number of carbonyl (C=O) groups is 2. The molecule has 0 heterocycles. The van der Waals surface area contributed by atoms with Gasteiger partial charge in [0.25, 0.3) is 0 Å². The molecule has 140 valence electrons. The smallest absolute Gasteiger partial charge is 0.303 e. The maximum absolute atomic E-state index is 10.3. The molecule has 0 aliphatic heterocycles. The Labute approximate surface area is 150 Å². The van der Waals surface area contributed by atoms with Crippen molar-refractivity contribution >= 4 is 12.3 Å². The van der Waals surface area contributed by atoms with Gasteiger partial charge in [-0.3, -0.25) is 4.79 Å². The highest BCUT2D eigenvalue weighted by Gasteiger charge is 2.01. The van der Waals surface area contributed by atoms with Crippen LogP contribution in [0.15, 0.2) is 48.6 Å². The van der Waals surface area contributed by atoms with Gasteiger partial charge in [-0.2, -0.15) is 0 Å². The van der Waals surface area contributed by atoms with E-state index < -0.39 is 18.2 Å². The van der Waals surface area contributed by atoms with Crippen molar-refractivity contribution in [3.63, 3.8) is 0 Å². The Hall–Kier alpha value is -1.98. The van der Waals surface area contributed by atoms with Gasteiger partial charge >= 0.3 is 5.97 Å². The number of aldehydes is 1. The molecule has 0 aromatic carbocycles. The number of unbranched alkanes of at least 4 members (excludes halogenated alkanes) is 3. The van der Waals surface area contributed by atoms with Gasteiger partial charge in [-0.1, -0.05) is 48.6 Å². The van der Waals surface area contributed by atoms with Gasteiger partial charge in [0, 0.05) is 12.8 Å². The van der Waals surface area contributed by atoms with Gasteiger partial charge in [0.2, 0.25) is 0 Å². The second-order valence-electron chi connectivity index (χ2n) is 5.73. The highest BCUT2D eigenvalue weighted by Crippen LogP contribution is 2.03. The second kappa shape index (κ2) is 16.9. The standard InChI is InChI=1S/C20H30O5/c21-17-10-6-2-1-3-7-12-18(22)13-8-4-5-9-14-19(23)15-11-16-20(24)25/h3-5,7-9,13-14,17-19,22-23H,1-2,6,10-12,15-16H2,(H,24,25)/b5-4+,7-3-,13-8+,14-9-/t18-,19-/m1/s1. The van der Waals surface area contributed by atoms with Crippen LogP contribution >= 0.6 is 0 Å². The summed E-state index contributed by atoms with van der Waals surface area (Å²) in [5.74, 6) is -0.854. The van der Waals surface area contributed by atoms with E-state index in [4.69, 9.17) is 5.11 Å². The number of carboxylic acid groups (broad SMARTS) is 1. The maximum Gasteiger partial charge on any atom is 0.303 e. The fourth-order valence-corrected chi connectivity index (χ4v) is 1.99. The van der Waals surface area contributed by atoms with E-state index in [1.165, 1.54) is 0 Å². The van der Waals surface area contributed by atoms with Gasteiger partial charge in [0.05, 0.1) is 12.2 Å². The number of allylic oxidation sites excluding steroid dienone is 5. The first kappa shape index (κ1) is 23.0. The van der Waals surface area contributed by atoms with Crippen LogP contribution in [0.5, 0.6) is 0 Å². The van der Waals surface area contributed by atoms with Crippen molar-refractivity contribution in [1.29, 1.82) is 0 Å². The normalized spacial score (nSPS) is 14.8. The van der Waals surface area contributed by atoms with Crippen LogP contribution in [0.3, 0.4) is 0 Å². The van der Waals surface area contributed by atoms with Crippen LogP contribution in [-0.2, 0) is 9.59 Å². The number of aliphatic carboxylic acids is 1. The molecular weight excluding hydrogens is 320 g/mol. The van der Waals surface area contributed by atoms with Crippen LogP contribution in [0, 0.1) is 0 Å². The van der Waals surface area contributed by atoms with Gasteiger partial charge in [0.15, 0.2) is 0 Å². The summed E-state index contributed by atoms with van der Waals surface area (Å²) in [6.45, 7) is 0. The van der Waals surface area contributed by atoms with Crippen LogP contribution in [-0.4, -0.2) is 39.8 Å². The highest BCUT2D eigenvalue weighted by molar-refractivity contribution is 5.66. The van der Waals surface area contributed by atoms with Gasteiger partial charge in [-0.05, 0) is 38.5 Å². The highest BCUT2D eigenvalue weighted by atomic mass is 16.4. The largest absolute Gasteiger partial charge is 0.481 e. The molecular formula is C20H30O5. The van der Waals surface area contributed by atoms with Crippen molar-refractivity contribution in [3.05, 3.63) is 48.6 Å². The summed E-state index contributed by atoms with van der Waals surface area (Å²) in [5.41, 5.74) is 0. The Kier molecular flexibility index (Phi) is 15.5. The number of aliphatic hydroxyl groups is 2. The molecule has 25 heavy (non-hydrogen) atoms. The van der Waals surface area contributed by atoms with Crippen LogP contribution < -0.4 is 0 Å². The second-order valence-corrected chi connectivity index (χ2v) is 5.73. The molecule has 0 rings (SSSR count). The Morgan fingerprint density at radius 1 is 0.840 bits per heavy atom. The number of rotatable bonds is 15. The minimum atomic E-state index is -0.854. The molecule has 0 saturated carbocycles. The van der Waals surface area contributed by atoms with E-state index in [2.05, 4.69) is 0 Å². The predicted molar refractivity (Wildman–Crippen MR) is 99.2 cm³/mol. The molecule has 0 saturated heterocycles. The van der Waals surface area contributed by atoms with E-state index in [1.807, 2.05) is 12.2 Å². The van der Waals surface area contributed by atoms with Crippen LogP contribution in [0.2, 0.25) is 0 Å². The van der Waals surface area contributed by atoms with Crippen molar-refractivity contribution < 1.29 is 24.9 Å². The molecule has 0 spiro atoms. The lowest BCUT2D eigenvalue weighted by Gasteiger charge is -2.02. The molecule has 0 aliphatic carbocycles. The Morgan fingerprint density at radius 3 is 2.12 bits per heavy atom. The molecule has 5 heteroatoms. The predicted octanol–water partition coefficient (Wildman–Crippen LogP) is 3.34. The average Bonchev–Trinajstić information content (AvgIpc) is 2.56. The number of carboxylic acids is 1. The maximum atomic E-state index is 10.3. The van der Waals surface area contributed by atoms with Gasteiger partial charge in [-0.25, -0.2) is 0 Å². The third-order valence-electron chi connectivity index (χ3n) is 3.38. The van der Waals surface area contributed by atoms with Crippen LogP contribution in [0.1, 0.15) is 51.4 Å². The summed E-state index contributed by atoms with van der Waals surface area (Å²) in [6, 6.07) is 0. The van der Waals surface area contributed by atoms with Gasteiger partial charge in [-0.15, -0.1) is 0 Å². The number of aliphatic hydroxyl groups excluding tert-OH is 2. The van der Waals surface area contributed by atoms with Crippen molar-refractivity contribution in [1.82, 2.24) is 0 Å². The molecule has 0 amide bonds. The zero-order valence-electron chi connectivity index (χ0n) is 14.7. The van der Waals surface area contributed by atoms with Crippen LogP contribution in [0.4, 0.5) is 0 Å². The minimum Gasteiger partial charge on any atom is -0.481 e. The van der Waals surface area contributed by atoms with E-state index in [-0.39, 0.29) is 6.42 Å². The summed E-state index contributed by atoms with van der Waals surface area (Å²) < 4.78 is 0. The minimum absolute atomic E-state index is 0.0640. The van der Waals surface area contributed by atoms with E-state index in [0.29, 0.717) is 25.7 Å². The average molecular weight is 350 g/mol. The summed E-state index contributed by atoms with van der Waals surface area (Å²) in [4.78, 5) is 20.5. The molecule has 0 aliphatic rings. The lowest BCUT2D eigenvalue weighted by atomic mass is 10.1. The first-order valence-corrected chi connectivity index (χ1v) is 8.74. The molecule has 0 unspecified atom stereocenters. The van der Waals surface area contributed by atoms with E-state index >= 15 is 0 Å². The van der Waals surface area contributed by atoms with Crippen molar-refractivity contribution in [2.45, 2.75) is 63.6 Å². The fraction of sp³-hybridized carbons (Fsp3) is 0.500. The van der Waals surface area contributed by atoms with Crippen molar-refractivity contribution in [3.8, 4) is 0 Å². The zero-order valence-corrected chi connectivity index (χ0v) is 14.7. The van der Waals surface area contributed by atoms with Crippen LogP contribution in [0.25, 0.3) is 0 Å². The molecule has 0 radical (unpaired) electrons. The first-order valence-electron chi connectivity index (χ1n) is 8.74. The number of hydrogen-bond acceptors (Lipinski definition) is 4. The molecule has 0 aromatic rings. The third kappa shape index (κ3) is 18.2. The zero-order chi connectivity index (χ0) is 18.8. The lowest BCUT2D eigenvalue weighted by molar-refractivity contribution is -0.137. The molecule has 3 N–H and O–H groups in total. The van der Waals surface area contributed by atoms with E-state index in [1.54, 1.807) is 36.5 Å². The van der Waals surface area contributed by atoms with Crippen molar-refractivity contribution in [2.75, 3.05) is 0 Å². The fourth-order valence-electron chi connectivity index (χ4n) is 1.99. The molecule has 5 nitrogen and oxygen atoms in total. The molecule has 2 atom stereocenters. The first-order chi connectivity index (χ1) is 12.1. The van der Waals surface area contributed by atoms with Gasteiger partial charge < -0.3 is 20.1 Å². The van der Waals surface area contributed by atoms with E-state index in [9.17, 15) is 19.8 Å². The third-order valence-corrected chi connectivity index (χ3v) is 3.38. The Balaban J connectivity index is 3.80. The number of hydrogen-bond donors (Lipinski definition) is 3. The Bertz CT molecular complexity index is 463. The topological polar surface area (TPSA) is 94.8 Å². The SMILES string of the molecule is O=CCCCC/C=C\C[C@@H](O)/C=C/C=C/C=C\[C@@H](O)CCCC(=O)O. The Morgan fingerprint density at radius 2 is 1.48 bits per heavy atom. The molecule has 0 bridgehead atoms. The van der Waals surface area contributed by atoms with Gasteiger partial charge in [0.1, 0.15) is 6.29 Å². The summed E-state index contributed by atoms with van der Waals surface area (Å²) >= 11 is 0. The summed E-state index contributed by atoms with van der Waals surface area (Å²) in [6.07, 6.45) is 18.8. The number of carbonyl (C=O) groups excluding carboxylic acids is 1. The molecule has 0 fully saturated rings. The summed E-state index contributed by atoms with van der Waals surface area (Å²) in [7, 11) is 0. The summed E-state index contributed by atoms with van der Waals surface area (Å²) in [5, 5.41) is 27.9. The lowest BCUT2D eigenvalue weighted by Crippen LogP contribution is -2.03. The van der Waals surface area contributed by atoms with Crippen molar-refractivity contribution in [2.24, 2.45) is 0 Å². The molecule has 0 aromatic heterocycles. The quantitative estimate of drug-likeness (QED) is 0.182.